The molecule has 3 N–H and O–H groups in total. The predicted octanol–water partition coefficient (Wildman–Crippen LogP) is 3.45. The highest BCUT2D eigenvalue weighted by Crippen LogP contribution is 2.50. The number of likely N-dealkylation sites (N-methyl/N-ethyl adjacent to an activating group) is 1. The van der Waals surface area contributed by atoms with E-state index in [0.717, 1.165) is 0 Å². The number of benzene rings is 2. The summed E-state index contributed by atoms with van der Waals surface area (Å²) in [5, 5.41) is 33.9. The zero-order chi connectivity index (χ0) is 41.1. The van der Waals surface area contributed by atoms with Crippen LogP contribution in [0.3, 0.4) is 0 Å². The van der Waals surface area contributed by atoms with Gasteiger partial charge in [0.2, 0.25) is 0 Å². The van der Waals surface area contributed by atoms with Crippen LogP contribution in [-0.4, -0.2) is 132 Å². The number of fused-ring (bicyclic) bond motifs is 3. The number of hydrogen-bond donors (Lipinski definition) is 3. The summed E-state index contributed by atoms with van der Waals surface area (Å²) in [6.45, 7) is 7.08. The standard InChI is InChI=1S/C42H53NO14/c1-8-42(50)18-31(23-14-26-25(15-24(23)36(42)41(49)51-7)37(47)22-10-9-11-29(45)35(22)38(26)48)55-33-16-27(43(5)6)39(20(3)53-33)57-34-17-30(46)40(21(4)54-34)56-32-13-12-28(44)19(2)52-32/h9-11,14-15,19-21,27,30-34,36,39-40,45-46,50H,8,12-13,16-18H2,1-7H3/t19-,20-,21-,27-,30-,31+,32-,33-,34-,36-,39+,40+,42+/m0/s1. The van der Waals surface area contributed by atoms with E-state index in [2.05, 4.69) is 0 Å². The first-order valence-corrected chi connectivity index (χ1v) is 19.7. The second kappa shape index (κ2) is 16.2. The fourth-order valence-corrected chi connectivity index (χ4v) is 9.14. The lowest BCUT2D eigenvalue weighted by Gasteiger charge is -2.48. The molecule has 0 radical (unpaired) electrons. The first-order chi connectivity index (χ1) is 27.0. The summed E-state index contributed by atoms with van der Waals surface area (Å²) in [6.07, 6.45) is -5.64. The fraction of sp³-hybridized carbons (Fsp3) is 0.619. The minimum Gasteiger partial charge on any atom is -0.507 e. The third-order valence-electron chi connectivity index (χ3n) is 12.3. The molecular formula is C42H53NO14. The number of ether oxygens (including phenoxy) is 7. The van der Waals surface area contributed by atoms with Crippen molar-refractivity contribution in [1.82, 2.24) is 4.90 Å². The van der Waals surface area contributed by atoms with Crippen molar-refractivity contribution in [3.63, 3.8) is 0 Å². The van der Waals surface area contributed by atoms with E-state index in [0.29, 0.717) is 30.4 Å². The molecule has 2 aromatic rings. The number of rotatable bonds is 9. The van der Waals surface area contributed by atoms with E-state index in [4.69, 9.17) is 33.2 Å². The lowest BCUT2D eigenvalue weighted by atomic mass is 9.67. The van der Waals surface area contributed by atoms with E-state index < -0.39 is 90.7 Å². The highest BCUT2D eigenvalue weighted by molar-refractivity contribution is 6.29. The zero-order valence-corrected chi connectivity index (χ0v) is 33.3. The number of carbonyl (C=O) groups is 4. The largest absolute Gasteiger partial charge is 0.507 e. The van der Waals surface area contributed by atoms with Gasteiger partial charge in [-0.15, -0.1) is 0 Å². The van der Waals surface area contributed by atoms with Gasteiger partial charge >= 0.3 is 5.97 Å². The lowest BCUT2D eigenvalue weighted by Crippen LogP contribution is -2.58. The second-order valence-electron chi connectivity index (χ2n) is 16.2. The number of aromatic hydroxyl groups is 1. The molecule has 0 amide bonds. The molecule has 57 heavy (non-hydrogen) atoms. The zero-order valence-electron chi connectivity index (χ0n) is 33.3. The van der Waals surface area contributed by atoms with Gasteiger partial charge < -0.3 is 53.4 Å². The smallest absolute Gasteiger partial charge is 0.316 e. The van der Waals surface area contributed by atoms with Gasteiger partial charge in [0.25, 0.3) is 0 Å². The van der Waals surface area contributed by atoms with Crippen LogP contribution in [0.15, 0.2) is 30.3 Å². The van der Waals surface area contributed by atoms with Crippen molar-refractivity contribution in [2.45, 2.75) is 145 Å². The van der Waals surface area contributed by atoms with Crippen LogP contribution < -0.4 is 0 Å². The van der Waals surface area contributed by atoms with Crippen LogP contribution in [0.25, 0.3) is 0 Å². The summed E-state index contributed by atoms with van der Waals surface area (Å²) < 4.78 is 42.8. The number of ketones is 3. The topological polar surface area (TPSA) is 197 Å². The molecule has 0 aromatic heterocycles. The van der Waals surface area contributed by atoms with Gasteiger partial charge in [-0.2, -0.15) is 0 Å². The summed E-state index contributed by atoms with van der Waals surface area (Å²) in [6, 6.07) is 7.04. The molecule has 15 nitrogen and oxygen atoms in total. The van der Waals surface area contributed by atoms with Crippen molar-refractivity contribution in [2.24, 2.45) is 0 Å². The number of aliphatic hydroxyl groups is 2. The molecule has 0 spiro atoms. The van der Waals surface area contributed by atoms with Crippen LogP contribution in [-0.2, 0) is 42.7 Å². The number of Topliss-reactive ketones (excluding diaryl/α,β-unsaturated/α-hetero) is 1. The molecule has 0 bridgehead atoms. The number of hydrogen-bond acceptors (Lipinski definition) is 15. The lowest BCUT2D eigenvalue weighted by molar-refractivity contribution is -0.324. The molecule has 3 saturated heterocycles. The number of carbonyl (C=O) groups excluding carboxylic acids is 4. The van der Waals surface area contributed by atoms with Crippen molar-refractivity contribution in [1.29, 1.82) is 0 Å². The van der Waals surface area contributed by atoms with E-state index >= 15 is 0 Å². The number of esters is 1. The number of phenolic OH excluding ortho intramolecular Hbond substituents is 1. The summed E-state index contributed by atoms with van der Waals surface area (Å²) in [4.78, 5) is 54.9. The van der Waals surface area contributed by atoms with E-state index in [1.54, 1.807) is 20.8 Å². The molecule has 3 heterocycles. The Balaban J connectivity index is 1.11. The van der Waals surface area contributed by atoms with Crippen LogP contribution >= 0.6 is 0 Å². The normalized spacial score (nSPS) is 36.7. The molecule has 7 rings (SSSR count). The number of nitrogens with zero attached hydrogens (tertiary/aromatic N) is 1. The Morgan fingerprint density at radius 2 is 1.53 bits per heavy atom. The average Bonchev–Trinajstić information content (AvgIpc) is 3.16. The maximum atomic E-state index is 13.9. The third-order valence-corrected chi connectivity index (χ3v) is 12.3. The monoisotopic (exact) mass is 795 g/mol. The van der Waals surface area contributed by atoms with E-state index in [9.17, 15) is 34.5 Å². The highest BCUT2D eigenvalue weighted by Gasteiger charge is 2.52. The Hall–Kier alpha value is -3.64. The van der Waals surface area contributed by atoms with Crippen LogP contribution in [0, 0.1) is 0 Å². The van der Waals surface area contributed by atoms with Crippen molar-refractivity contribution in [3.05, 3.63) is 63.7 Å². The van der Waals surface area contributed by atoms with Gasteiger partial charge in [0.05, 0.1) is 42.7 Å². The van der Waals surface area contributed by atoms with Crippen molar-refractivity contribution >= 4 is 23.3 Å². The van der Waals surface area contributed by atoms with Gasteiger partial charge in [0.15, 0.2) is 36.2 Å². The van der Waals surface area contributed by atoms with Crippen molar-refractivity contribution in [3.8, 4) is 5.75 Å². The molecule has 3 fully saturated rings. The Bertz CT molecular complexity index is 1890. The molecular weight excluding hydrogens is 742 g/mol. The molecule has 310 valence electrons. The molecule has 5 aliphatic rings. The highest BCUT2D eigenvalue weighted by atomic mass is 16.7. The number of aliphatic hydroxyl groups excluding tert-OH is 1. The molecule has 2 aliphatic carbocycles. The summed E-state index contributed by atoms with van der Waals surface area (Å²) in [5.41, 5.74) is -0.853. The predicted molar refractivity (Wildman–Crippen MR) is 200 cm³/mol. The van der Waals surface area contributed by atoms with Gasteiger partial charge in [-0.25, -0.2) is 0 Å². The SMILES string of the molecule is CC[C@@]1(O)C[C@@H](O[C@H]2C[C@H](N(C)C)[C@H](O[C@H]3C[C@H](O)[C@H](O[C@H]4CCC(=O)[C@H](C)O4)[C@H](C)O3)[C@H](C)O2)c2cc3c(cc2[C@H]1C(=O)OC)C(=O)c1cccc(O)c1C3=O. The minimum atomic E-state index is -1.64. The van der Waals surface area contributed by atoms with Crippen molar-refractivity contribution in [2.75, 3.05) is 21.2 Å². The van der Waals surface area contributed by atoms with Crippen molar-refractivity contribution < 1.29 is 67.7 Å². The summed E-state index contributed by atoms with van der Waals surface area (Å²) in [5.74, 6) is -3.21. The molecule has 0 unspecified atom stereocenters. The van der Waals surface area contributed by atoms with Crippen LogP contribution in [0.4, 0.5) is 0 Å². The Morgan fingerprint density at radius 1 is 0.877 bits per heavy atom. The number of methoxy groups -OCH3 is 1. The van der Waals surface area contributed by atoms with Gasteiger partial charge in [-0.05, 0) is 70.6 Å². The Kier molecular flexibility index (Phi) is 11.8. The fourth-order valence-electron chi connectivity index (χ4n) is 9.14. The molecule has 3 aliphatic heterocycles. The Morgan fingerprint density at radius 3 is 2.18 bits per heavy atom. The molecule has 0 saturated carbocycles. The van der Waals surface area contributed by atoms with Gasteiger partial charge in [0, 0.05) is 54.8 Å². The summed E-state index contributed by atoms with van der Waals surface area (Å²) in [7, 11) is 5.04. The molecule has 15 heteroatoms. The second-order valence-corrected chi connectivity index (χ2v) is 16.2. The maximum Gasteiger partial charge on any atom is 0.316 e. The Labute approximate surface area is 331 Å². The van der Waals surface area contributed by atoms with E-state index in [1.807, 2.05) is 25.9 Å². The van der Waals surface area contributed by atoms with Crippen LogP contribution in [0.2, 0.25) is 0 Å². The van der Waals surface area contributed by atoms with E-state index in [1.165, 1.54) is 37.4 Å². The average molecular weight is 796 g/mol. The van der Waals surface area contributed by atoms with Gasteiger partial charge in [-0.1, -0.05) is 19.1 Å². The van der Waals surface area contributed by atoms with E-state index in [-0.39, 0.29) is 59.1 Å². The van der Waals surface area contributed by atoms with Gasteiger partial charge in [-0.3, -0.25) is 19.2 Å². The molecule has 2 aromatic carbocycles. The molecule has 13 atom stereocenters. The third kappa shape index (κ3) is 7.70. The van der Waals surface area contributed by atoms with Crippen LogP contribution in [0.5, 0.6) is 5.75 Å². The van der Waals surface area contributed by atoms with Gasteiger partial charge in [0.1, 0.15) is 30.0 Å². The maximum absolute atomic E-state index is 13.9. The quantitative estimate of drug-likeness (QED) is 0.266. The minimum absolute atomic E-state index is 0.0167. The first kappa shape index (κ1) is 41.5. The first-order valence-electron chi connectivity index (χ1n) is 19.7. The van der Waals surface area contributed by atoms with Crippen LogP contribution in [0.1, 0.15) is 121 Å². The summed E-state index contributed by atoms with van der Waals surface area (Å²) >= 11 is 0. The number of phenols is 1.